The first kappa shape index (κ1) is 26.5. The molecule has 4 nitrogen and oxygen atoms in total. The summed E-state index contributed by atoms with van der Waals surface area (Å²) in [5, 5.41) is 3.78. The quantitative estimate of drug-likeness (QED) is 0.360. The van der Waals surface area contributed by atoms with E-state index in [9.17, 15) is 14.0 Å². The van der Waals surface area contributed by atoms with E-state index in [2.05, 4.69) is 12.2 Å². The van der Waals surface area contributed by atoms with E-state index in [0.717, 1.165) is 24.0 Å². The van der Waals surface area contributed by atoms with Gasteiger partial charge in [0.1, 0.15) is 11.9 Å². The molecule has 0 bridgehead atoms. The molecule has 0 fully saturated rings. The van der Waals surface area contributed by atoms with Crippen LogP contribution >= 0.6 is 35.0 Å². The lowest BCUT2D eigenvalue weighted by atomic mass is 10.1. The van der Waals surface area contributed by atoms with Gasteiger partial charge in [-0.25, -0.2) is 4.39 Å². The van der Waals surface area contributed by atoms with E-state index in [-0.39, 0.29) is 29.9 Å². The summed E-state index contributed by atoms with van der Waals surface area (Å²) in [5.41, 5.74) is 1.74. The smallest absolute Gasteiger partial charge is 0.242 e. The number of carbonyl (C=O) groups is 2. The minimum absolute atomic E-state index is 0.138. The van der Waals surface area contributed by atoms with Gasteiger partial charge < -0.3 is 10.2 Å². The molecule has 0 radical (unpaired) electrons. The molecule has 0 saturated heterocycles. The molecule has 174 valence electrons. The molecule has 2 aromatic rings. The number of nitrogens with one attached hydrogen (secondary N) is 1. The molecule has 2 rings (SSSR count). The fraction of sp³-hybridized carbons (Fsp3) is 0.417. The van der Waals surface area contributed by atoms with Crippen molar-refractivity contribution in [1.29, 1.82) is 0 Å². The van der Waals surface area contributed by atoms with Crippen LogP contribution in [0.15, 0.2) is 42.5 Å². The van der Waals surface area contributed by atoms with Gasteiger partial charge in [0.2, 0.25) is 11.8 Å². The van der Waals surface area contributed by atoms with Crippen LogP contribution in [0.3, 0.4) is 0 Å². The Kier molecular flexibility index (Phi) is 11.4. The number of amides is 2. The topological polar surface area (TPSA) is 49.4 Å². The van der Waals surface area contributed by atoms with Crippen molar-refractivity contribution in [3.63, 3.8) is 0 Å². The highest BCUT2D eigenvalue weighted by atomic mass is 35.5. The van der Waals surface area contributed by atoms with E-state index in [4.69, 9.17) is 23.2 Å². The van der Waals surface area contributed by atoms with E-state index < -0.39 is 6.04 Å². The third-order valence-corrected chi connectivity index (χ3v) is 6.69. The predicted octanol–water partition coefficient (Wildman–Crippen LogP) is 6.09. The van der Waals surface area contributed by atoms with Crippen LogP contribution in [0.5, 0.6) is 0 Å². The Bertz CT molecular complexity index is 896. The Morgan fingerprint density at radius 3 is 2.38 bits per heavy atom. The molecule has 8 heteroatoms. The first-order chi connectivity index (χ1) is 15.3. The van der Waals surface area contributed by atoms with E-state index in [1.165, 1.54) is 23.9 Å². The van der Waals surface area contributed by atoms with Crippen molar-refractivity contribution in [2.24, 2.45) is 0 Å². The van der Waals surface area contributed by atoms with Crippen LogP contribution in [0.2, 0.25) is 10.0 Å². The van der Waals surface area contributed by atoms with Crippen molar-refractivity contribution >= 4 is 46.8 Å². The summed E-state index contributed by atoms with van der Waals surface area (Å²) in [4.78, 5) is 27.6. The van der Waals surface area contributed by atoms with Crippen molar-refractivity contribution in [1.82, 2.24) is 10.2 Å². The van der Waals surface area contributed by atoms with Crippen molar-refractivity contribution in [2.75, 3.05) is 12.3 Å². The highest BCUT2D eigenvalue weighted by molar-refractivity contribution is 7.99. The Labute approximate surface area is 203 Å². The molecule has 0 unspecified atom stereocenters. The zero-order valence-corrected chi connectivity index (χ0v) is 20.7. The molecule has 32 heavy (non-hydrogen) atoms. The minimum atomic E-state index is -0.583. The standard InChI is InChI=1S/C24H29Cl2FN2O2S/c1-3-5-12-28-24(31)22(4-2)29(14-18-8-11-20(25)21(26)13-18)23(30)16-32-15-17-6-9-19(27)10-7-17/h6-11,13,22H,3-5,12,14-16H2,1-2H3,(H,28,31)/t22-/m1/s1. The highest BCUT2D eigenvalue weighted by Gasteiger charge is 2.28. The Morgan fingerprint density at radius 2 is 1.75 bits per heavy atom. The number of halogens is 3. The van der Waals surface area contributed by atoms with Gasteiger partial charge in [-0.2, -0.15) is 0 Å². The summed E-state index contributed by atoms with van der Waals surface area (Å²) in [6.45, 7) is 4.79. The van der Waals surface area contributed by atoms with E-state index in [1.807, 2.05) is 13.0 Å². The number of carbonyl (C=O) groups excluding carboxylic acids is 2. The summed E-state index contributed by atoms with van der Waals surface area (Å²) >= 11 is 13.6. The molecule has 0 spiro atoms. The average molecular weight is 499 g/mol. The maximum absolute atomic E-state index is 13.2. The summed E-state index contributed by atoms with van der Waals surface area (Å²) in [5.74, 6) is 0.199. The van der Waals surface area contributed by atoms with Gasteiger partial charge in [-0.1, -0.05) is 61.7 Å². The maximum atomic E-state index is 13.2. The van der Waals surface area contributed by atoms with Crippen LogP contribution in [-0.4, -0.2) is 35.1 Å². The third-order valence-electron chi connectivity index (χ3n) is 4.96. The minimum Gasteiger partial charge on any atom is -0.354 e. The normalized spacial score (nSPS) is 11.8. The molecule has 0 aliphatic rings. The summed E-state index contributed by atoms with van der Waals surface area (Å²) < 4.78 is 13.1. The van der Waals surface area contributed by atoms with E-state index >= 15 is 0 Å². The van der Waals surface area contributed by atoms with Crippen molar-refractivity contribution < 1.29 is 14.0 Å². The van der Waals surface area contributed by atoms with Gasteiger partial charge in [0.15, 0.2) is 0 Å². The molecule has 1 atom stereocenters. The number of nitrogens with zero attached hydrogens (tertiary/aromatic N) is 1. The van der Waals surface area contributed by atoms with Crippen LogP contribution < -0.4 is 5.32 Å². The van der Waals surface area contributed by atoms with Gasteiger partial charge in [0, 0.05) is 18.8 Å². The van der Waals surface area contributed by atoms with Crippen LogP contribution in [-0.2, 0) is 21.9 Å². The second kappa shape index (κ2) is 13.7. The molecular formula is C24H29Cl2FN2O2S. The summed E-state index contributed by atoms with van der Waals surface area (Å²) in [7, 11) is 0. The van der Waals surface area contributed by atoms with Crippen molar-refractivity contribution in [2.45, 2.75) is 51.4 Å². The van der Waals surface area contributed by atoms with Gasteiger partial charge in [-0.3, -0.25) is 9.59 Å². The fourth-order valence-corrected chi connectivity index (χ4v) is 4.37. The maximum Gasteiger partial charge on any atom is 0.242 e. The second-order valence-electron chi connectivity index (χ2n) is 7.46. The zero-order valence-electron chi connectivity index (χ0n) is 18.4. The number of unbranched alkanes of at least 4 members (excludes halogenated alkanes) is 1. The number of hydrogen-bond donors (Lipinski definition) is 1. The Balaban J connectivity index is 2.12. The van der Waals surface area contributed by atoms with Gasteiger partial charge in [-0.15, -0.1) is 11.8 Å². The van der Waals surface area contributed by atoms with Crippen molar-refractivity contribution in [3.8, 4) is 0 Å². The molecule has 0 heterocycles. The van der Waals surface area contributed by atoms with Crippen molar-refractivity contribution in [3.05, 3.63) is 69.5 Å². The van der Waals surface area contributed by atoms with E-state index in [1.54, 1.807) is 29.2 Å². The fourth-order valence-electron chi connectivity index (χ4n) is 3.18. The lowest BCUT2D eigenvalue weighted by Gasteiger charge is -2.30. The van der Waals surface area contributed by atoms with E-state index in [0.29, 0.717) is 28.8 Å². The first-order valence-electron chi connectivity index (χ1n) is 10.7. The Morgan fingerprint density at radius 1 is 1.06 bits per heavy atom. The monoisotopic (exact) mass is 498 g/mol. The summed E-state index contributed by atoms with van der Waals surface area (Å²) in [6, 6.07) is 10.9. The lowest BCUT2D eigenvalue weighted by Crippen LogP contribution is -2.49. The molecule has 1 N–H and O–H groups in total. The number of benzene rings is 2. The van der Waals surface area contributed by atoms with Gasteiger partial charge in [0.25, 0.3) is 0 Å². The average Bonchev–Trinajstić information content (AvgIpc) is 2.77. The van der Waals surface area contributed by atoms with Crippen LogP contribution in [0.1, 0.15) is 44.2 Å². The first-order valence-corrected chi connectivity index (χ1v) is 12.6. The van der Waals surface area contributed by atoms with Crippen LogP contribution in [0.4, 0.5) is 4.39 Å². The molecule has 0 aliphatic heterocycles. The second-order valence-corrected chi connectivity index (χ2v) is 9.26. The van der Waals surface area contributed by atoms with Gasteiger partial charge in [0.05, 0.1) is 15.8 Å². The van der Waals surface area contributed by atoms with Crippen LogP contribution in [0, 0.1) is 5.82 Å². The largest absolute Gasteiger partial charge is 0.354 e. The number of rotatable bonds is 12. The Hall–Kier alpha value is -1.76. The number of thioether (sulfide) groups is 1. The highest BCUT2D eigenvalue weighted by Crippen LogP contribution is 2.24. The molecule has 0 aromatic heterocycles. The molecule has 2 aromatic carbocycles. The number of hydrogen-bond acceptors (Lipinski definition) is 3. The zero-order chi connectivity index (χ0) is 23.5. The SMILES string of the molecule is CCCCNC(=O)[C@@H](CC)N(Cc1ccc(Cl)c(Cl)c1)C(=O)CSCc1ccc(F)cc1. The predicted molar refractivity (Wildman–Crippen MR) is 132 cm³/mol. The lowest BCUT2D eigenvalue weighted by molar-refractivity contribution is -0.139. The molecule has 0 aliphatic carbocycles. The third kappa shape index (κ3) is 8.30. The van der Waals surface area contributed by atoms with Gasteiger partial charge in [-0.05, 0) is 48.2 Å². The molecule has 0 saturated carbocycles. The van der Waals surface area contributed by atoms with Gasteiger partial charge >= 0.3 is 0 Å². The molecular weight excluding hydrogens is 470 g/mol. The van der Waals surface area contributed by atoms with Crippen LogP contribution in [0.25, 0.3) is 0 Å². The summed E-state index contributed by atoms with van der Waals surface area (Å²) in [6.07, 6.45) is 2.35. The molecule has 2 amide bonds.